The van der Waals surface area contributed by atoms with Gasteiger partial charge in [-0.15, -0.1) is 0 Å². The van der Waals surface area contributed by atoms with Crippen LogP contribution in [0, 0.1) is 5.92 Å². The van der Waals surface area contributed by atoms with Gasteiger partial charge in [-0.1, -0.05) is 42.0 Å². The van der Waals surface area contributed by atoms with Gasteiger partial charge in [0.15, 0.2) is 5.13 Å². The highest BCUT2D eigenvalue weighted by molar-refractivity contribution is 7.22. The van der Waals surface area contributed by atoms with Crippen LogP contribution in [0.3, 0.4) is 0 Å². The van der Waals surface area contributed by atoms with E-state index in [0.29, 0.717) is 17.5 Å². The second-order valence-electron chi connectivity index (χ2n) is 5.70. The molecule has 1 heterocycles. The molecule has 3 nitrogen and oxygen atoms in total. The Kier molecular flexibility index (Phi) is 5.51. The van der Waals surface area contributed by atoms with E-state index in [1.165, 1.54) is 16.9 Å². The molecule has 1 atom stereocenters. The van der Waals surface area contributed by atoms with Gasteiger partial charge in [0, 0.05) is 6.42 Å². The summed E-state index contributed by atoms with van der Waals surface area (Å²) >= 11 is 1.52. The van der Waals surface area contributed by atoms with Crippen LogP contribution in [-0.4, -0.2) is 10.9 Å². The summed E-state index contributed by atoms with van der Waals surface area (Å²) in [5.74, 6) is 0.439. The minimum atomic E-state index is 0.0544. The van der Waals surface area contributed by atoms with Crippen LogP contribution in [0.25, 0.3) is 10.2 Å². The topological polar surface area (TPSA) is 42.0 Å². The lowest BCUT2D eigenvalue weighted by atomic mass is 10.0. The highest BCUT2D eigenvalue weighted by Gasteiger charge is 2.11. The average molecular weight is 302 g/mol. The Labute approximate surface area is 130 Å². The molecule has 2 aromatic rings. The van der Waals surface area contributed by atoms with Crippen molar-refractivity contribution in [3.63, 3.8) is 0 Å². The first-order valence-corrected chi connectivity index (χ1v) is 8.15. The van der Waals surface area contributed by atoms with Gasteiger partial charge in [0.2, 0.25) is 5.91 Å². The maximum atomic E-state index is 12.0. The van der Waals surface area contributed by atoms with E-state index in [9.17, 15) is 4.79 Å². The van der Waals surface area contributed by atoms with Crippen LogP contribution in [0.5, 0.6) is 0 Å². The van der Waals surface area contributed by atoms with Crippen molar-refractivity contribution in [3.8, 4) is 0 Å². The Balaban J connectivity index is 1.85. The Morgan fingerprint density at radius 1 is 1.38 bits per heavy atom. The van der Waals surface area contributed by atoms with E-state index in [0.717, 1.165) is 23.1 Å². The number of amides is 1. The Morgan fingerprint density at radius 3 is 2.86 bits per heavy atom. The molecule has 1 aromatic heterocycles. The van der Waals surface area contributed by atoms with E-state index in [-0.39, 0.29) is 5.91 Å². The molecule has 0 aliphatic heterocycles. The summed E-state index contributed by atoms with van der Waals surface area (Å²) in [6.45, 7) is 6.33. The van der Waals surface area contributed by atoms with Crippen LogP contribution in [-0.2, 0) is 4.79 Å². The van der Waals surface area contributed by atoms with Crippen LogP contribution in [0.2, 0.25) is 0 Å². The van der Waals surface area contributed by atoms with Gasteiger partial charge < -0.3 is 5.32 Å². The Bertz CT molecular complexity index is 608. The van der Waals surface area contributed by atoms with Crippen LogP contribution >= 0.6 is 11.3 Å². The number of hydrogen-bond donors (Lipinski definition) is 1. The lowest BCUT2D eigenvalue weighted by Crippen LogP contribution is -2.14. The van der Waals surface area contributed by atoms with Crippen molar-refractivity contribution in [3.05, 3.63) is 35.9 Å². The molecule has 112 valence electrons. The fraction of sp³-hybridized carbons (Fsp3) is 0.412. The van der Waals surface area contributed by atoms with Crippen molar-refractivity contribution in [2.75, 3.05) is 5.32 Å². The molecule has 1 amide bonds. The van der Waals surface area contributed by atoms with Gasteiger partial charge in [0.05, 0.1) is 10.2 Å². The highest BCUT2D eigenvalue weighted by Crippen LogP contribution is 2.25. The van der Waals surface area contributed by atoms with Crippen LogP contribution < -0.4 is 5.32 Å². The monoisotopic (exact) mass is 302 g/mol. The molecular formula is C17H22N2OS. The van der Waals surface area contributed by atoms with Gasteiger partial charge in [-0.25, -0.2) is 4.98 Å². The molecule has 0 fully saturated rings. The lowest BCUT2D eigenvalue weighted by molar-refractivity contribution is -0.117. The minimum Gasteiger partial charge on any atom is -0.302 e. The molecule has 0 aliphatic rings. The minimum absolute atomic E-state index is 0.0544. The molecule has 1 N–H and O–H groups in total. The summed E-state index contributed by atoms with van der Waals surface area (Å²) in [6.07, 6.45) is 4.85. The zero-order valence-corrected chi connectivity index (χ0v) is 13.7. The quantitative estimate of drug-likeness (QED) is 0.762. The van der Waals surface area contributed by atoms with Crippen molar-refractivity contribution in [2.24, 2.45) is 5.92 Å². The van der Waals surface area contributed by atoms with E-state index >= 15 is 0 Å². The number of allylic oxidation sites excluding steroid dienone is 2. The highest BCUT2D eigenvalue weighted by atomic mass is 32.1. The zero-order chi connectivity index (χ0) is 15.2. The molecule has 0 aliphatic carbocycles. The molecular weight excluding hydrogens is 280 g/mol. The second-order valence-corrected chi connectivity index (χ2v) is 6.73. The van der Waals surface area contributed by atoms with Crippen molar-refractivity contribution >= 4 is 32.6 Å². The van der Waals surface area contributed by atoms with Crippen molar-refractivity contribution in [1.29, 1.82) is 0 Å². The molecule has 4 heteroatoms. The van der Waals surface area contributed by atoms with E-state index in [4.69, 9.17) is 0 Å². The number of aromatic nitrogens is 1. The third-order valence-electron chi connectivity index (χ3n) is 3.29. The van der Waals surface area contributed by atoms with Gasteiger partial charge in [-0.3, -0.25) is 4.79 Å². The maximum Gasteiger partial charge on any atom is 0.226 e. The zero-order valence-electron chi connectivity index (χ0n) is 12.8. The smallest absolute Gasteiger partial charge is 0.226 e. The molecule has 0 saturated heterocycles. The van der Waals surface area contributed by atoms with Crippen molar-refractivity contribution < 1.29 is 4.79 Å². The Morgan fingerprint density at radius 2 is 2.14 bits per heavy atom. The number of rotatable bonds is 6. The number of hydrogen-bond acceptors (Lipinski definition) is 3. The normalized spacial score (nSPS) is 12.1. The van der Waals surface area contributed by atoms with Gasteiger partial charge in [-0.05, 0) is 44.7 Å². The molecule has 0 saturated carbocycles. The molecule has 21 heavy (non-hydrogen) atoms. The third kappa shape index (κ3) is 4.97. The van der Waals surface area contributed by atoms with Crippen LogP contribution in [0.1, 0.15) is 40.0 Å². The standard InChI is InChI=1S/C17H22N2OS/c1-12(2)7-6-8-13(3)11-16(20)19-17-18-14-9-4-5-10-15(14)21-17/h4-5,7,9-10,13H,6,8,11H2,1-3H3,(H,18,19,20). The van der Waals surface area contributed by atoms with Crippen LogP contribution in [0.15, 0.2) is 35.9 Å². The number of para-hydroxylation sites is 1. The summed E-state index contributed by atoms with van der Waals surface area (Å²) in [5, 5.41) is 3.61. The van der Waals surface area contributed by atoms with Gasteiger partial charge in [0.25, 0.3) is 0 Å². The van der Waals surface area contributed by atoms with E-state index in [1.807, 2.05) is 24.3 Å². The van der Waals surface area contributed by atoms with E-state index in [2.05, 4.69) is 37.1 Å². The number of benzene rings is 1. The number of anilines is 1. The molecule has 0 radical (unpaired) electrons. The van der Waals surface area contributed by atoms with Crippen molar-refractivity contribution in [1.82, 2.24) is 4.98 Å². The largest absolute Gasteiger partial charge is 0.302 e. The summed E-state index contributed by atoms with van der Waals surface area (Å²) in [7, 11) is 0. The fourth-order valence-corrected chi connectivity index (χ4v) is 3.05. The first-order valence-electron chi connectivity index (χ1n) is 7.33. The second kappa shape index (κ2) is 7.36. The molecule has 1 unspecified atom stereocenters. The predicted molar refractivity (Wildman–Crippen MR) is 90.7 cm³/mol. The first-order chi connectivity index (χ1) is 10.0. The number of thiazole rings is 1. The van der Waals surface area contributed by atoms with E-state index < -0.39 is 0 Å². The number of nitrogens with zero attached hydrogens (tertiary/aromatic N) is 1. The van der Waals surface area contributed by atoms with E-state index in [1.54, 1.807) is 0 Å². The molecule has 2 rings (SSSR count). The molecule has 0 bridgehead atoms. The molecule has 1 aromatic carbocycles. The number of fused-ring (bicyclic) bond motifs is 1. The summed E-state index contributed by atoms with van der Waals surface area (Å²) in [6, 6.07) is 7.92. The van der Waals surface area contributed by atoms with Gasteiger partial charge >= 0.3 is 0 Å². The molecule has 0 spiro atoms. The summed E-state index contributed by atoms with van der Waals surface area (Å²) in [4.78, 5) is 16.5. The number of carbonyl (C=O) groups is 1. The SMILES string of the molecule is CC(C)=CCCC(C)CC(=O)Nc1nc2ccccc2s1. The lowest BCUT2D eigenvalue weighted by Gasteiger charge is -2.09. The third-order valence-corrected chi connectivity index (χ3v) is 4.24. The number of nitrogens with one attached hydrogen (secondary N) is 1. The maximum absolute atomic E-state index is 12.0. The predicted octanol–water partition coefficient (Wildman–Crippen LogP) is 5.01. The van der Waals surface area contributed by atoms with Crippen molar-refractivity contribution in [2.45, 2.75) is 40.0 Å². The number of carbonyl (C=O) groups excluding carboxylic acids is 1. The Hall–Kier alpha value is -1.68. The average Bonchev–Trinajstić information content (AvgIpc) is 2.79. The first kappa shape index (κ1) is 15.7. The fourth-order valence-electron chi connectivity index (χ4n) is 2.17. The van der Waals surface area contributed by atoms with Crippen LogP contribution in [0.4, 0.5) is 5.13 Å². The summed E-state index contributed by atoms with van der Waals surface area (Å²) in [5.41, 5.74) is 2.27. The van der Waals surface area contributed by atoms with Gasteiger partial charge in [-0.2, -0.15) is 0 Å². The van der Waals surface area contributed by atoms with Gasteiger partial charge in [0.1, 0.15) is 0 Å². The summed E-state index contributed by atoms with van der Waals surface area (Å²) < 4.78 is 1.10.